The monoisotopic (exact) mass is 271 g/mol. The zero-order valence-electron chi connectivity index (χ0n) is 12.8. The first-order valence-corrected chi connectivity index (χ1v) is 7.54. The Balaban J connectivity index is 2.21. The Morgan fingerprint density at radius 1 is 1.15 bits per heavy atom. The van der Waals surface area contributed by atoms with Gasteiger partial charge in [-0.2, -0.15) is 0 Å². The minimum atomic E-state index is 0.187. The molecule has 1 unspecified atom stereocenters. The average molecular weight is 271 g/mol. The molecule has 2 aromatic rings. The van der Waals surface area contributed by atoms with E-state index in [9.17, 15) is 0 Å². The first kappa shape index (κ1) is 14.8. The molecule has 0 spiro atoms. The molecule has 20 heavy (non-hydrogen) atoms. The van der Waals surface area contributed by atoms with Crippen LogP contribution in [0.25, 0.3) is 0 Å². The molecule has 0 radical (unpaired) electrons. The topological polar surface area (TPSA) is 29.9 Å². The molecule has 1 atom stereocenters. The van der Waals surface area contributed by atoms with Gasteiger partial charge < -0.3 is 9.88 Å². The van der Waals surface area contributed by atoms with Gasteiger partial charge in [-0.05, 0) is 30.5 Å². The molecule has 2 rings (SSSR count). The summed E-state index contributed by atoms with van der Waals surface area (Å²) in [6.45, 7) is 5.40. The molecule has 0 aliphatic carbocycles. The average Bonchev–Trinajstić information content (AvgIpc) is 2.88. The van der Waals surface area contributed by atoms with Gasteiger partial charge in [0, 0.05) is 13.2 Å². The normalized spacial score (nSPS) is 12.6. The SMILES string of the molecule is CCCNC(c1ccc(CCC)cc1)c1cn(C)cn1. The molecule has 1 N–H and O–H groups in total. The molecule has 0 aliphatic heterocycles. The van der Waals surface area contributed by atoms with Crippen molar-refractivity contribution in [3.63, 3.8) is 0 Å². The summed E-state index contributed by atoms with van der Waals surface area (Å²) >= 11 is 0. The van der Waals surface area contributed by atoms with Crippen molar-refractivity contribution in [1.29, 1.82) is 0 Å². The summed E-state index contributed by atoms with van der Waals surface area (Å²) in [5.41, 5.74) is 3.78. The van der Waals surface area contributed by atoms with Gasteiger partial charge in [0.2, 0.25) is 0 Å². The van der Waals surface area contributed by atoms with E-state index in [1.54, 1.807) is 0 Å². The quantitative estimate of drug-likeness (QED) is 0.835. The van der Waals surface area contributed by atoms with E-state index in [-0.39, 0.29) is 6.04 Å². The molecule has 0 aliphatic rings. The lowest BCUT2D eigenvalue weighted by atomic mass is 10.0. The summed E-state index contributed by atoms with van der Waals surface area (Å²) in [5, 5.41) is 3.59. The number of imidazole rings is 1. The van der Waals surface area contributed by atoms with E-state index < -0.39 is 0 Å². The second-order valence-electron chi connectivity index (χ2n) is 5.34. The summed E-state index contributed by atoms with van der Waals surface area (Å²) < 4.78 is 2.00. The van der Waals surface area contributed by atoms with Gasteiger partial charge in [-0.15, -0.1) is 0 Å². The number of nitrogens with one attached hydrogen (secondary N) is 1. The van der Waals surface area contributed by atoms with E-state index in [0.717, 1.165) is 25.1 Å². The molecule has 1 aromatic carbocycles. The van der Waals surface area contributed by atoms with Gasteiger partial charge in [0.15, 0.2) is 0 Å². The van der Waals surface area contributed by atoms with Gasteiger partial charge in [-0.25, -0.2) is 4.98 Å². The highest BCUT2D eigenvalue weighted by Gasteiger charge is 2.15. The van der Waals surface area contributed by atoms with Crippen LogP contribution in [0.2, 0.25) is 0 Å². The van der Waals surface area contributed by atoms with Crippen LogP contribution in [0.3, 0.4) is 0 Å². The molecular formula is C17H25N3. The summed E-state index contributed by atoms with van der Waals surface area (Å²) in [7, 11) is 2.01. The van der Waals surface area contributed by atoms with Crippen LogP contribution in [0.1, 0.15) is 49.6 Å². The summed E-state index contributed by atoms with van der Waals surface area (Å²) in [4.78, 5) is 4.50. The Bertz CT molecular complexity index is 513. The smallest absolute Gasteiger partial charge is 0.0947 e. The van der Waals surface area contributed by atoms with E-state index in [0.29, 0.717) is 0 Å². The predicted molar refractivity (Wildman–Crippen MR) is 83.8 cm³/mol. The highest BCUT2D eigenvalue weighted by molar-refractivity contribution is 5.30. The van der Waals surface area contributed by atoms with Gasteiger partial charge in [0.25, 0.3) is 0 Å². The summed E-state index contributed by atoms with van der Waals surface area (Å²) in [6.07, 6.45) is 7.42. The van der Waals surface area contributed by atoms with Crippen LogP contribution in [0.5, 0.6) is 0 Å². The number of hydrogen-bond acceptors (Lipinski definition) is 2. The third-order valence-electron chi connectivity index (χ3n) is 3.47. The van der Waals surface area contributed by atoms with Crippen LogP contribution in [0, 0.1) is 0 Å². The lowest BCUT2D eigenvalue weighted by molar-refractivity contribution is 0.588. The molecule has 3 nitrogen and oxygen atoms in total. The van der Waals surface area contributed by atoms with Crippen molar-refractivity contribution in [1.82, 2.24) is 14.9 Å². The fourth-order valence-electron chi connectivity index (χ4n) is 2.43. The maximum Gasteiger partial charge on any atom is 0.0947 e. The lowest BCUT2D eigenvalue weighted by Gasteiger charge is -2.17. The highest BCUT2D eigenvalue weighted by atomic mass is 15.0. The minimum Gasteiger partial charge on any atom is -0.340 e. The fraction of sp³-hybridized carbons (Fsp3) is 0.471. The third kappa shape index (κ3) is 3.70. The zero-order chi connectivity index (χ0) is 14.4. The van der Waals surface area contributed by atoms with Crippen molar-refractivity contribution >= 4 is 0 Å². The molecule has 0 amide bonds. The van der Waals surface area contributed by atoms with E-state index in [1.807, 2.05) is 17.9 Å². The summed E-state index contributed by atoms with van der Waals surface area (Å²) in [5.74, 6) is 0. The fourth-order valence-corrected chi connectivity index (χ4v) is 2.43. The van der Waals surface area contributed by atoms with Crippen LogP contribution >= 0.6 is 0 Å². The largest absolute Gasteiger partial charge is 0.340 e. The van der Waals surface area contributed by atoms with Gasteiger partial charge in [-0.1, -0.05) is 44.5 Å². The molecule has 0 bridgehead atoms. The molecule has 0 fully saturated rings. The predicted octanol–water partition coefficient (Wildman–Crippen LogP) is 3.46. The van der Waals surface area contributed by atoms with Crippen LogP contribution in [-0.2, 0) is 13.5 Å². The standard InChI is InChI=1S/C17H25N3/c1-4-6-14-7-9-15(10-8-14)17(18-11-5-2)16-12-20(3)13-19-16/h7-10,12-13,17-18H,4-6,11H2,1-3H3. The second-order valence-corrected chi connectivity index (χ2v) is 5.34. The minimum absolute atomic E-state index is 0.187. The lowest BCUT2D eigenvalue weighted by Crippen LogP contribution is -2.23. The zero-order valence-corrected chi connectivity index (χ0v) is 12.8. The van der Waals surface area contributed by atoms with E-state index in [4.69, 9.17) is 0 Å². The van der Waals surface area contributed by atoms with Crippen molar-refractivity contribution in [3.05, 3.63) is 53.6 Å². The van der Waals surface area contributed by atoms with Gasteiger partial charge in [-0.3, -0.25) is 0 Å². The Labute approximate surface area is 122 Å². The molecule has 3 heteroatoms. The third-order valence-corrected chi connectivity index (χ3v) is 3.47. The molecule has 0 saturated carbocycles. The van der Waals surface area contributed by atoms with Crippen molar-refractivity contribution in [2.45, 2.75) is 39.2 Å². The Kier molecular flexibility index (Phi) is 5.36. The second kappa shape index (κ2) is 7.25. The van der Waals surface area contributed by atoms with Crippen LogP contribution in [0.4, 0.5) is 0 Å². The van der Waals surface area contributed by atoms with Crippen LogP contribution < -0.4 is 5.32 Å². The molecule has 1 aromatic heterocycles. The molecule has 1 heterocycles. The van der Waals surface area contributed by atoms with Crippen LogP contribution in [-0.4, -0.2) is 16.1 Å². The summed E-state index contributed by atoms with van der Waals surface area (Å²) in [6, 6.07) is 9.12. The highest BCUT2D eigenvalue weighted by Crippen LogP contribution is 2.21. The number of rotatable bonds is 7. The number of hydrogen-bond donors (Lipinski definition) is 1. The Morgan fingerprint density at radius 2 is 1.90 bits per heavy atom. The Morgan fingerprint density at radius 3 is 2.45 bits per heavy atom. The van der Waals surface area contributed by atoms with E-state index in [2.05, 4.69) is 54.6 Å². The van der Waals surface area contributed by atoms with Gasteiger partial charge in [0.1, 0.15) is 0 Å². The maximum absolute atomic E-state index is 4.50. The van der Waals surface area contributed by atoms with Crippen LogP contribution in [0.15, 0.2) is 36.8 Å². The number of aryl methyl sites for hydroxylation is 2. The maximum atomic E-state index is 4.50. The van der Waals surface area contributed by atoms with E-state index in [1.165, 1.54) is 17.5 Å². The van der Waals surface area contributed by atoms with Crippen molar-refractivity contribution in [2.24, 2.45) is 7.05 Å². The van der Waals surface area contributed by atoms with Crippen molar-refractivity contribution in [3.8, 4) is 0 Å². The number of aromatic nitrogens is 2. The van der Waals surface area contributed by atoms with Gasteiger partial charge >= 0.3 is 0 Å². The first-order valence-electron chi connectivity index (χ1n) is 7.54. The molecule has 108 valence electrons. The molecular weight excluding hydrogens is 246 g/mol. The Hall–Kier alpha value is -1.61. The number of benzene rings is 1. The van der Waals surface area contributed by atoms with E-state index >= 15 is 0 Å². The van der Waals surface area contributed by atoms with Crippen molar-refractivity contribution < 1.29 is 0 Å². The molecule has 0 saturated heterocycles. The van der Waals surface area contributed by atoms with Gasteiger partial charge in [0.05, 0.1) is 18.1 Å². The number of nitrogens with zero attached hydrogens (tertiary/aromatic N) is 2. The first-order chi connectivity index (χ1) is 9.74. The van der Waals surface area contributed by atoms with Crippen molar-refractivity contribution in [2.75, 3.05) is 6.54 Å².